The fraction of sp³-hybridized carbons (Fsp3) is 0.300. The van der Waals surface area contributed by atoms with E-state index in [0.717, 1.165) is 23.5 Å². The van der Waals surface area contributed by atoms with Gasteiger partial charge in [0.25, 0.3) is 5.91 Å². The van der Waals surface area contributed by atoms with Gasteiger partial charge >= 0.3 is 6.18 Å². The van der Waals surface area contributed by atoms with Crippen LogP contribution in [-0.4, -0.2) is 29.5 Å². The van der Waals surface area contributed by atoms with Crippen LogP contribution in [0, 0.1) is 11.3 Å². The van der Waals surface area contributed by atoms with Crippen molar-refractivity contribution in [2.24, 2.45) is 0 Å². The molecule has 0 aliphatic heterocycles. The van der Waals surface area contributed by atoms with E-state index in [-0.39, 0.29) is 6.54 Å². The van der Waals surface area contributed by atoms with E-state index in [0.29, 0.717) is 0 Å². The van der Waals surface area contributed by atoms with Crippen LogP contribution in [0.15, 0.2) is 18.5 Å². The summed E-state index contributed by atoms with van der Waals surface area (Å²) in [6, 6.07) is 2.46. The van der Waals surface area contributed by atoms with Crippen molar-refractivity contribution < 1.29 is 18.0 Å². The Morgan fingerprint density at radius 3 is 2.83 bits per heavy atom. The van der Waals surface area contributed by atoms with Crippen LogP contribution in [0.3, 0.4) is 0 Å². The van der Waals surface area contributed by atoms with Crippen molar-refractivity contribution in [3.63, 3.8) is 0 Å². The van der Waals surface area contributed by atoms with E-state index in [2.05, 4.69) is 10.4 Å². The Morgan fingerprint density at radius 2 is 2.28 bits per heavy atom. The third-order valence-electron chi connectivity index (χ3n) is 1.97. The number of hydrogen-bond acceptors (Lipinski definition) is 4. The van der Waals surface area contributed by atoms with Gasteiger partial charge < -0.3 is 0 Å². The third kappa shape index (κ3) is 3.43. The van der Waals surface area contributed by atoms with Crippen LogP contribution in [0.5, 0.6) is 0 Å². The first-order valence-electron chi connectivity index (χ1n) is 4.76. The fourth-order valence-corrected chi connectivity index (χ4v) is 1.20. The van der Waals surface area contributed by atoms with Crippen LogP contribution in [-0.2, 0) is 6.18 Å². The van der Waals surface area contributed by atoms with E-state index in [1.54, 1.807) is 6.07 Å². The molecule has 18 heavy (non-hydrogen) atoms. The minimum absolute atomic E-state index is 0.145. The maximum Gasteiger partial charge on any atom is 0.417 e. The summed E-state index contributed by atoms with van der Waals surface area (Å²) < 4.78 is 37.9. The highest BCUT2D eigenvalue weighted by molar-refractivity contribution is 5.95. The van der Waals surface area contributed by atoms with Crippen LogP contribution < -0.4 is 5.43 Å². The lowest BCUT2D eigenvalue weighted by atomic mass is 10.1. The molecule has 0 radical (unpaired) electrons. The van der Waals surface area contributed by atoms with E-state index >= 15 is 0 Å². The Balaban J connectivity index is 2.97. The first-order chi connectivity index (χ1) is 8.36. The lowest BCUT2D eigenvalue weighted by Crippen LogP contribution is -2.40. The molecule has 1 aromatic rings. The third-order valence-corrected chi connectivity index (χ3v) is 1.97. The van der Waals surface area contributed by atoms with E-state index in [9.17, 15) is 18.0 Å². The molecule has 0 bridgehead atoms. The van der Waals surface area contributed by atoms with E-state index < -0.39 is 23.2 Å². The van der Waals surface area contributed by atoms with Crippen molar-refractivity contribution >= 4 is 5.91 Å². The Labute approximate surface area is 101 Å². The normalized spacial score (nSPS) is 11.1. The summed E-state index contributed by atoms with van der Waals surface area (Å²) in [6.07, 6.45) is -2.85. The number of alkyl halides is 3. The van der Waals surface area contributed by atoms with Crippen molar-refractivity contribution in [3.05, 3.63) is 29.6 Å². The number of amides is 1. The van der Waals surface area contributed by atoms with Gasteiger partial charge in [-0.1, -0.05) is 0 Å². The van der Waals surface area contributed by atoms with Crippen LogP contribution in [0.4, 0.5) is 13.2 Å². The predicted octanol–water partition coefficient (Wildman–Crippen LogP) is 1.20. The minimum Gasteiger partial charge on any atom is -0.284 e. The Hall–Kier alpha value is -2.14. The number of carbonyl (C=O) groups excluding carboxylic acids is 1. The molecule has 0 aliphatic carbocycles. The number of carbonyl (C=O) groups is 1. The molecule has 1 amide bonds. The standard InChI is InChI=1S/C10H9F3N4O/c1-17(5-3-14)16-9(18)7-6-15-4-2-8(7)10(11,12)13/h2,4,6H,5H2,1H3,(H,16,18). The number of pyridine rings is 1. The zero-order chi connectivity index (χ0) is 13.8. The highest BCUT2D eigenvalue weighted by atomic mass is 19.4. The molecule has 0 aliphatic rings. The molecule has 96 valence electrons. The molecule has 0 aromatic carbocycles. The van der Waals surface area contributed by atoms with Gasteiger partial charge in [-0.05, 0) is 6.07 Å². The smallest absolute Gasteiger partial charge is 0.284 e. The molecule has 1 aromatic heterocycles. The summed E-state index contributed by atoms with van der Waals surface area (Å²) in [5, 5.41) is 9.45. The summed E-state index contributed by atoms with van der Waals surface area (Å²) in [5.74, 6) is -0.965. The largest absolute Gasteiger partial charge is 0.417 e. The zero-order valence-electron chi connectivity index (χ0n) is 9.32. The van der Waals surface area contributed by atoms with Gasteiger partial charge in [0.1, 0.15) is 6.54 Å². The molecule has 8 heteroatoms. The monoisotopic (exact) mass is 258 g/mol. The molecule has 0 atom stereocenters. The quantitative estimate of drug-likeness (QED) is 0.653. The minimum atomic E-state index is -4.64. The SMILES string of the molecule is CN(CC#N)NC(=O)c1cnccc1C(F)(F)F. The highest BCUT2D eigenvalue weighted by Gasteiger charge is 2.35. The Bertz CT molecular complexity index is 481. The number of aromatic nitrogens is 1. The first-order valence-corrected chi connectivity index (χ1v) is 4.76. The molecule has 0 fully saturated rings. The van der Waals surface area contributed by atoms with Crippen LogP contribution in [0.25, 0.3) is 0 Å². The molecule has 5 nitrogen and oxygen atoms in total. The summed E-state index contributed by atoms with van der Waals surface area (Å²) in [4.78, 5) is 15.1. The maximum absolute atomic E-state index is 12.6. The van der Waals surface area contributed by atoms with Crippen molar-refractivity contribution in [1.29, 1.82) is 5.26 Å². The molecule has 0 unspecified atom stereocenters. The number of halogens is 3. The Kier molecular flexibility index (Phi) is 4.23. The predicted molar refractivity (Wildman–Crippen MR) is 54.9 cm³/mol. The average molecular weight is 258 g/mol. The second-order valence-corrected chi connectivity index (χ2v) is 3.37. The second-order valence-electron chi connectivity index (χ2n) is 3.37. The van der Waals surface area contributed by atoms with Crippen LogP contribution in [0.2, 0.25) is 0 Å². The van der Waals surface area contributed by atoms with Gasteiger partial charge in [-0.3, -0.25) is 15.2 Å². The first kappa shape index (κ1) is 13.9. The van der Waals surface area contributed by atoms with Crippen LogP contribution in [0.1, 0.15) is 15.9 Å². The number of rotatable bonds is 3. The number of hydrazine groups is 1. The van der Waals surface area contributed by atoms with E-state index in [4.69, 9.17) is 5.26 Å². The molecule has 1 heterocycles. The number of nitrogens with zero attached hydrogens (tertiary/aromatic N) is 3. The van der Waals surface area contributed by atoms with Gasteiger partial charge in [-0.2, -0.15) is 18.4 Å². The number of hydrogen-bond donors (Lipinski definition) is 1. The summed E-state index contributed by atoms with van der Waals surface area (Å²) >= 11 is 0. The average Bonchev–Trinajstić information content (AvgIpc) is 2.28. The van der Waals surface area contributed by atoms with Crippen molar-refractivity contribution in [3.8, 4) is 6.07 Å². The molecule has 0 saturated heterocycles. The van der Waals surface area contributed by atoms with Crippen LogP contribution >= 0.6 is 0 Å². The lowest BCUT2D eigenvalue weighted by molar-refractivity contribution is -0.138. The molecule has 1 N–H and O–H groups in total. The van der Waals surface area contributed by atoms with Gasteiger partial charge in [0.15, 0.2) is 0 Å². The van der Waals surface area contributed by atoms with Gasteiger partial charge in [-0.15, -0.1) is 0 Å². The van der Waals surface area contributed by atoms with Gasteiger partial charge in [0, 0.05) is 19.4 Å². The van der Waals surface area contributed by atoms with E-state index in [1.807, 2.05) is 0 Å². The second kappa shape index (κ2) is 5.46. The van der Waals surface area contributed by atoms with Gasteiger partial charge in [0.05, 0.1) is 17.2 Å². The van der Waals surface area contributed by atoms with Crippen molar-refractivity contribution in [2.45, 2.75) is 6.18 Å². The van der Waals surface area contributed by atoms with Crippen molar-refractivity contribution in [1.82, 2.24) is 15.4 Å². The zero-order valence-corrected chi connectivity index (χ0v) is 9.32. The van der Waals surface area contributed by atoms with Crippen molar-refractivity contribution in [2.75, 3.05) is 13.6 Å². The maximum atomic E-state index is 12.6. The summed E-state index contributed by atoms with van der Waals surface area (Å²) in [5.41, 5.74) is 0.484. The fourth-order valence-electron chi connectivity index (χ4n) is 1.20. The number of nitrogens with one attached hydrogen (secondary N) is 1. The highest BCUT2D eigenvalue weighted by Crippen LogP contribution is 2.31. The molecular formula is C10H9F3N4O. The molecule has 0 spiro atoms. The summed E-state index contributed by atoms with van der Waals surface area (Å²) in [6.45, 7) is -0.145. The molecular weight excluding hydrogens is 249 g/mol. The lowest BCUT2D eigenvalue weighted by Gasteiger charge is -2.16. The van der Waals surface area contributed by atoms with E-state index in [1.165, 1.54) is 7.05 Å². The molecule has 1 rings (SSSR count). The Morgan fingerprint density at radius 1 is 1.61 bits per heavy atom. The molecule has 0 saturated carbocycles. The van der Waals surface area contributed by atoms with Gasteiger partial charge in [0.2, 0.25) is 0 Å². The summed E-state index contributed by atoms with van der Waals surface area (Å²) in [7, 11) is 1.37. The number of nitriles is 1. The topological polar surface area (TPSA) is 69.0 Å². The van der Waals surface area contributed by atoms with Gasteiger partial charge in [-0.25, -0.2) is 5.01 Å².